The van der Waals surface area contributed by atoms with Gasteiger partial charge in [-0.1, -0.05) is 223 Å². The maximum absolute atomic E-state index is 8.53. The van der Waals surface area contributed by atoms with Crippen LogP contribution in [0.5, 0.6) is 0 Å². The minimum Gasteiger partial charge on any atom is -0.308 e. The standard InChI is InChI=1S/C32H24N2.C31H24N2.C30H22N2/c1-32(2)27-12-7-6-11-24(27)25-20-30-26(19-28(25)32)31-29(13-8-18-33-31)34(30)23-16-14-22(15-17-23)21-9-4-3-5-10-21;1-19-15-29-30(32-18-19)24-16-26-23(22-12-6-7-13-25(22)31(26,2)3)17-28(24)33(29)27-14-8-10-20-9-4-5-11-21(20)27;1-30(2)25-11-6-5-10-22(25)23-18-28-24(17-26(23)30)29-27(12-7-15-31-29)32(28)21-14-13-19-8-3-4-9-20(19)16-21/h3-20H,1-2H3;4-18H,1-3H3;3-18H,1-2H3/i1D3;2D3;1D3. The third-order valence-electron chi connectivity index (χ3n) is 21.3. The van der Waals surface area contributed by atoms with Gasteiger partial charge in [-0.15, -0.1) is 0 Å². The fourth-order valence-electron chi connectivity index (χ4n) is 16.6. The first-order chi connectivity index (χ1) is 52.0. The molecular weight excluding hydrogens is 1200 g/mol. The number of rotatable bonds is 4. The van der Waals surface area contributed by atoms with Crippen LogP contribution in [0.3, 0.4) is 0 Å². The Labute approximate surface area is 588 Å². The second-order valence-corrected chi connectivity index (χ2v) is 27.3. The average Bonchev–Trinajstić information content (AvgIpc) is 1.55. The fourth-order valence-corrected chi connectivity index (χ4v) is 16.6. The molecule has 3 aliphatic carbocycles. The summed E-state index contributed by atoms with van der Waals surface area (Å²) in [6.07, 6.45) is 5.49. The van der Waals surface area contributed by atoms with Crippen LogP contribution in [0.25, 0.3) is 149 Å². The maximum Gasteiger partial charge on any atom is 0.0963 e. The largest absolute Gasteiger partial charge is 0.308 e. The molecule has 6 heteroatoms. The molecule has 0 bridgehead atoms. The summed E-state index contributed by atoms with van der Waals surface area (Å²) in [5.74, 6) is 0. The zero-order chi connectivity index (χ0) is 74.1. The number of aromatic nitrogens is 6. The number of fused-ring (bicyclic) bond motifs is 20. The second kappa shape index (κ2) is 21.8. The van der Waals surface area contributed by atoms with Crippen molar-refractivity contribution in [2.45, 2.75) is 64.5 Å². The summed E-state index contributed by atoms with van der Waals surface area (Å²) in [7, 11) is 0. The molecule has 0 amide bonds. The number of aryl methyl sites for hydroxylation is 1. The number of pyridine rings is 3. The number of hydrogen-bond donors (Lipinski definition) is 0. The predicted octanol–water partition coefficient (Wildman–Crippen LogP) is 23.7. The van der Waals surface area contributed by atoms with E-state index in [0.29, 0.717) is 0 Å². The highest BCUT2D eigenvalue weighted by Crippen LogP contribution is 2.54. The van der Waals surface area contributed by atoms with Gasteiger partial charge in [-0.05, 0) is 204 Å². The molecule has 3 aliphatic rings. The van der Waals surface area contributed by atoms with Gasteiger partial charge in [0.25, 0.3) is 0 Å². The summed E-state index contributed by atoms with van der Waals surface area (Å²) in [5, 5.41) is 7.60. The third-order valence-corrected chi connectivity index (χ3v) is 21.3. The topological polar surface area (TPSA) is 53.5 Å². The molecule has 0 fully saturated rings. The molecule has 3 atom stereocenters. The first kappa shape index (κ1) is 49.5. The molecule has 6 nitrogen and oxygen atoms in total. The lowest BCUT2D eigenvalue weighted by Gasteiger charge is -2.21. The Kier molecular flexibility index (Phi) is 10.9. The molecule has 6 aromatic heterocycles. The molecule has 6 heterocycles. The van der Waals surface area contributed by atoms with Crippen LogP contribution in [0.15, 0.2) is 298 Å². The van der Waals surface area contributed by atoms with Crippen molar-refractivity contribution in [1.82, 2.24) is 28.7 Å². The summed E-state index contributed by atoms with van der Waals surface area (Å²) >= 11 is 0. The van der Waals surface area contributed by atoms with Gasteiger partial charge >= 0.3 is 0 Å². The first-order valence-corrected chi connectivity index (χ1v) is 33.8. The van der Waals surface area contributed by atoms with E-state index in [-0.39, 0.29) is 0 Å². The van der Waals surface area contributed by atoms with Gasteiger partial charge in [0.2, 0.25) is 0 Å². The van der Waals surface area contributed by atoms with E-state index in [2.05, 4.69) is 197 Å². The van der Waals surface area contributed by atoms with Crippen molar-refractivity contribution in [1.29, 1.82) is 0 Å². The van der Waals surface area contributed by atoms with Crippen LogP contribution in [0, 0.1) is 6.92 Å². The number of benzene rings is 12. The Morgan fingerprint density at radius 3 is 1.29 bits per heavy atom. The van der Waals surface area contributed by atoms with Gasteiger partial charge in [-0.3, -0.25) is 15.0 Å². The smallest absolute Gasteiger partial charge is 0.0963 e. The van der Waals surface area contributed by atoms with Gasteiger partial charge in [0.1, 0.15) is 0 Å². The Balaban J connectivity index is 0.000000110. The van der Waals surface area contributed by atoms with Crippen LogP contribution in [0.4, 0.5) is 0 Å². The van der Waals surface area contributed by atoms with Crippen LogP contribution in [0.2, 0.25) is 0 Å². The molecule has 12 aromatic carbocycles. The molecule has 0 N–H and O–H groups in total. The van der Waals surface area contributed by atoms with Crippen molar-refractivity contribution in [3.05, 3.63) is 337 Å². The summed E-state index contributed by atoms with van der Waals surface area (Å²) in [4.78, 5) is 14.3. The van der Waals surface area contributed by atoms with Crippen molar-refractivity contribution >= 4 is 87.4 Å². The van der Waals surface area contributed by atoms with Crippen LogP contribution < -0.4 is 0 Å². The molecule has 0 spiro atoms. The Morgan fingerprint density at radius 1 is 0.293 bits per heavy atom. The minimum atomic E-state index is -2.19. The monoisotopic (exact) mass is 1280 g/mol. The molecular formula is C93H70N6. The van der Waals surface area contributed by atoms with E-state index in [0.717, 1.165) is 166 Å². The van der Waals surface area contributed by atoms with Crippen molar-refractivity contribution in [3.8, 4) is 61.6 Å². The van der Waals surface area contributed by atoms with E-state index in [1.807, 2.05) is 130 Å². The zero-order valence-electron chi connectivity index (χ0n) is 64.0. The van der Waals surface area contributed by atoms with Gasteiger partial charge in [0, 0.05) is 80.1 Å². The number of nitrogens with zero attached hydrogens (tertiary/aromatic N) is 6. The first-order valence-electron chi connectivity index (χ1n) is 38.3. The van der Waals surface area contributed by atoms with Gasteiger partial charge in [-0.25, -0.2) is 0 Å². The molecule has 99 heavy (non-hydrogen) atoms. The quantitative estimate of drug-likeness (QED) is 0.176. The Bertz CT molecular complexity index is 6780. The number of hydrogen-bond acceptors (Lipinski definition) is 3. The van der Waals surface area contributed by atoms with Crippen molar-refractivity contribution in [3.63, 3.8) is 0 Å². The molecule has 0 radical (unpaired) electrons. The molecule has 472 valence electrons. The van der Waals surface area contributed by atoms with Crippen LogP contribution in [-0.4, -0.2) is 28.7 Å². The van der Waals surface area contributed by atoms with E-state index in [1.54, 1.807) is 12.4 Å². The van der Waals surface area contributed by atoms with Crippen LogP contribution in [0.1, 0.15) is 92.6 Å². The SMILES string of the molecule is [2H]C([2H])([2H])C1(C)c2ccccc2-c2cc3c(cc21)c1ncc(C)cc1n3-c1cccc2ccccc12.[2H]C([2H])([2H])C1(C)c2ccccc2-c2cc3c(cc21)c1ncccc1n3-c1ccc(-c2ccccc2)cc1.[2H]C([2H])([2H])C1(C)c2ccccc2-c2cc3c(cc21)c1ncccc1n3-c1ccc2ccccc2c1. The van der Waals surface area contributed by atoms with Gasteiger partial charge < -0.3 is 13.7 Å². The Morgan fingerprint density at radius 2 is 0.737 bits per heavy atom. The third kappa shape index (κ3) is 8.78. The van der Waals surface area contributed by atoms with Crippen molar-refractivity contribution in [2.24, 2.45) is 0 Å². The predicted molar refractivity (Wildman–Crippen MR) is 414 cm³/mol. The highest BCUT2D eigenvalue weighted by atomic mass is 15.0. The molecule has 21 rings (SSSR count). The summed E-state index contributed by atoms with van der Waals surface area (Å²) in [6, 6.07) is 95.3. The lowest BCUT2D eigenvalue weighted by molar-refractivity contribution is 0.661. The molecule has 18 aromatic rings. The van der Waals surface area contributed by atoms with E-state index < -0.39 is 36.8 Å². The highest BCUT2D eigenvalue weighted by molar-refractivity contribution is 6.13. The summed E-state index contributed by atoms with van der Waals surface area (Å²) in [6.45, 7) is 1.04. The van der Waals surface area contributed by atoms with E-state index >= 15 is 0 Å². The highest BCUT2D eigenvalue weighted by Gasteiger charge is 2.39. The maximum atomic E-state index is 8.53. The second-order valence-electron chi connectivity index (χ2n) is 27.3. The molecule has 3 unspecified atom stereocenters. The van der Waals surface area contributed by atoms with Crippen molar-refractivity contribution in [2.75, 3.05) is 0 Å². The van der Waals surface area contributed by atoms with Crippen LogP contribution >= 0.6 is 0 Å². The normalized spacial score (nSPS) is 18.7. The summed E-state index contributed by atoms with van der Waals surface area (Å²) in [5.41, 5.74) is 23.1. The lowest BCUT2D eigenvalue weighted by Crippen LogP contribution is -2.14. The average molecular weight is 1280 g/mol. The van der Waals surface area contributed by atoms with E-state index in [9.17, 15) is 0 Å². The molecule has 0 aliphatic heterocycles. The van der Waals surface area contributed by atoms with Crippen LogP contribution in [-0.2, 0) is 16.2 Å². The van der Waals surface area contributed by atoms with Gasteiger partial charge in [-0.2, -0.15) is 0 Å². The fraction of sp³-hybridized carbons (Fsp3) is 0.108. The van der Waals surface area contributed by atoms with E-state index in [1.165, 1.54) is 21.7 Å². The molecule has 0 saturated carbocycles. The minimum absolute atomic E-state index is 0.838. The van der Waals surface area contributed by atoms with Crippen molar-refractivity contribution < 1.29 is 12.3 Å². The van der Waals surface area contributed by atoms with Gasteiger partial charge in [0.15, 0.2) is 0 Å². The van der Waals surface area contributed by atoms with E-state index in [4.69, 9.17) is 27.3 Å². The zero-order valence-corrected chi connectivity index (χ0v) is 55.0. The summed E-state index contributed by atoms with van der Waals surface area (Å²) < 4.78 is 83.3. The Hall–Kier alpha value is -12.0. The van der Waals surface area contributed by atoms with Gasteiger partial charge in [0.05, 0.1) is 55.3 Å². The molecule has 0 saturated heterocycles. The lowest BCUT2D eigenvalue weighted by atomic mass is 9.82.